The number of hydrogen-bond donors (Lipinski definition) is 2. The minimum Gasteiger partial charge on any atom is -0.372 e. The van der Waals surface area contributed by atoms with Crippen molar-refractivity contribution < 1.29 is 13.2 Å². The van der Waals surface area contributed by atoms with Gasteiger partial charge in [-0.15, -0.1) is 0 Å². The summed E-state index contributed by atoms with van der Waals surface area (Å²) in [7, 11) is 1.33. The van der Waals surface area contributed by atoms with E-state index in [4.69, 9.17) is 5.73 Å². The van der Waals surface area contributed by atoms with Crippen LogP contribution < -0.4 is 11.1 Å². The number of nitrogens with one attached hydrogen (secondary N) is 1. The van der Waals surface area contributed by atoms with Crippen molar-refractivity contribution in [2.24, 2.45) is 0 Å². The van der Waals surface area contributed by atoms with Crippen LogP contribution >= 0.6 is 0 Å². The Kier molecular flexibility index (Phi) is 2.26. The summed E-state index contributed by atoms with van der Waals surface area (Å²) in [6.07, 6.45) is -3.82. The third-order valence-corrected chi connectivity index (χ3v) is 1.35. The number of aromatic nitrogens is 2. The second kappa shape index (κ2) is 3.08. The highest BCUT2D eigenvalue weighted by atomic mass is 19.4. The first kappa shape index (κ1) is 9.56. The monoisotopic (exact) mass is 192 g/mol. The summed E-state index contributed by atoms with van der Waals surface area (Å²) < 4.78 is 36.6. The van der Waals surface area contributed by atoms with E-state index >= 15 is 0 Å². The molecule has 0 spiro atoms. The second-order valence-corrected chi connectivity index (χ2v) is 2.24. The Bertz CT molecular complexity index is 309. The van der Waals surface area contributed by atoms with Crippen LogP contribution in [0.3, 0.4) is 0 Å². The van der Waals surface area contributed by atoms with Gasteiger partial charge in [-0.25, -0.2) is 4.98 Å². The molecule has 4 nitrogen and oxygen atoms in total. The summed E-state index contributed by atoms with van der Waals surface area (Å²) in [5.74, 6) is -0.516. The summed E-state index contributed by atoms with van der Waals surface area (Å²) in [4.78, 5) is 6.65. The van der Waals surface area contributed by atoms with Gasteiger partial charge in [0, 0.05) is 13.2 Å². The highest BCUT2D eigenvalue weighted by molar-refractivity contribution is 5.46. The Hall–Kier alpha value is -1.53. The SMILES string of the molecule is CNc1nc(N)ncc1C(F)(F)F. The molecule has 0 aromatic carbocycles. The quantitative estimate of drug-likeness (QED) is 0.699. The highest BCUT2D eigenvalue weighted by Gasteiger charge is 2.34. The lowest BCUT2D eigenvalue weighted by molar-refractivity contribution is -0.137. The summed E-state index contributed by atoms with van der Waals surface area (Å²) in [5, 5.41) is 2.29. The average molecular weight is 192 g/mol. The molecule has 0 aliphatic carbocycles. The maximum absolute atomic E-state index is 12.2. The summed E-state index contributed by atoms with van der Waals surface area (Å²) in [5.41, 5.74) is 4.19. The molecule has 0 amide bonds. The van der Waals surface area contributed by atoms with Crippen molar-refractivity contribution in [3.63, 3.8) is 0 Å². The Balaban J connectivity index is 3.22. The Morgan fingerprint density at radius 1 is 1.46 bits per heavy atom. The largest absolute Gasteiger partial charge is 0.421 e. The van der Waals surface area contributed by atoms with Crippen LogP contribution in [0.4, 0.5) is 24.9 Å². The van der Waals surface area contributed by atoms with E-state index in [1.54, 1.807) is 0 Å². The number of anilines is 2. The zero-order chi connectivity index (χ0) is 10.1. The molecular formula is C6H7F3N4. The number of nitrogen functional groups attached to an aromatic ring is 1. The molecule has 1 aromatic heterocycles. The number of hydrogen-bond acceptors (Lipinski definition) is 4. The first-order chi connectivity index (χ1) is 5.95. The van der Waals surface area contributed by atoms with Crippen LogP contribution in [0.1, 0.15) is 5.56 Å². The smallest absolute Gasteiger partial charge is 0.372 e. The van der Waals surface area contributed by atoms with Crippen LogP contribution in [0.15, 0.2) is 6.20 Å². The Morgan fingerprint density at radius 2 is 2.08 bits per heavy atom. The van der Waals surface area contributed by atoms with Gasteiger partial charge in [0.1, 0.15) is 11.4 Å². The van der Waals surface area contributed by atoms with E-state index in [0.717, 1.165) is 0 Å². The van der Waals surface area contributed by atoms with E-state index < -0.39 is 11.7 Å². The number of rotatable bonds is 1. The molecule has 3 N–H and O–H groups in total. The molecule has 0 saturated heterocycles. The summed E-state index contributed by atoms with van der Waals surface area (Å²) in [6, 6.07) is 0. The molecule has 7 heteroatoms. The lowest BCUT2D eigenvalue weighted by Gasteiger charge is -2.10. The van der Waals surface area contributed by atoms with Gasteiger partial charge in [-0.3, -0.25) is 0 Å². The van der Waals surface area contributed by atoms with E-state index in [0.29, 0.717) is 6.20 Å². The number of halogens is 3. The van der Waals surface area contributed by atoms with E-state index in [1.807, 2.05) is 0 Å². The normalized spacial score (nSPS) is 11.4. The van der Waals surface area contributed by atoms with Gasteiger partial charge in [0.15, 0.2) is 0 Å². The van der Waals surface area contributed by atoms with Gasteiger partial charge < -0.3 is 11.1 Å². The first-order valence-electron chi connectivity index (χ1n) is 3.32. The van der Waals surface area contributed by atoms with Crippen molar-refractivity contribution in [3.05, 3.63) is 11.8 Å². The Morgan fingerprint density at radius 3 is 2.54 bits per heavy atom. The second-order valence-electron chi connectivity index (χ2n) is 2.24. The van der Waals surface area contributed by atoms with Crippen LogP contribution in [0.5, 0.6) is 0 Å². The topological polar surface area (TPSA) is 63.8 Å². The third kappa shape index (κ3) is 1.98. The maximum atomic E-state index is 12.2. The van der Waals surface area contributed by atoms with Gasteiger partial charge in [-0.2, -0.15) is 18.2 Å². The molecule has 1 rings (SSSR count). The molecule has 0 fully saturated rings. The van der Waals surface area contributed by atoms with Gasteiger partial charge in [0.25, 0.3) is 0 Å². The van der Waals surface area contributed by atoms with Crippen molar-refractivity contribution in [3.8, 4) is 0 Å². The molecule has 13 heavy (non-hydrogen) atoms. The number of nitrogens with two attached hydrogens (primary N) is 1. The van der Waals surface area contributed by atoms with Crippen LogP contribution in [0.25, 0.3) is 0 Å². The molecule has 0 saturated carbocycles. The van der Waals surface area contributed by atoms with Crippen molar-refractivity contribution in [1.29, 1.82) is 0 Å². The fourth-order valence-corrected chi connectivity index (χ4v) is 0.793. The lowest BCUT2D eigenvalue weighted by atomic mass is 10.3. The van der Waals surface area contributed by atoms with Crippen molar-refractivity contribution in [2.75, 3.05) is 18.1 Å². The minimum absolute atomic E-state index is 0.197. The van der Waals surface area contributed by atoms with Gasteiger partial charge in [-0.05, 0) is 0 Å². The number of alkyl halides is 3. The molecule has 0 bridgehead atoms. The molecule has 0 aliphatic rings. The van der Waals surface area contributed by atoms with Gasteiger partial charge in [0.05, 0.1) is 0 Å². The predicted octanol–water partition coefficient (Wildman–Crippen LogP) is 1.12. The van der Waals surface area contributed by atoms with Crippen LogP contribution in [-0.4, -0.2) is 17.0 Å². The summed E-state index contributed by atoms with van der Waals surface area (Å²) >= 11 is 0. The van der Waals surface area contributed by atoms with Gasteiger partial charge in [-0.1, -0.05) is 0 Å². The predicted molar refractivity (Wildman–Crippen MR) is 41.0 cm³/mol. The minimum atomic E-state index is -4.47. The van der Waals surface area contributed by atoms with Crippen LogP contribution in [-0.2, 0) is 6.18 Å². The van der Waals surface area contributed by atoms with Crippen molar-refractivity contribution >= 4 is 11.8 Å². The van der Waals surface area contributed by atoms with E-state index in [-0.39, 0.29) is 11.8 Å². The average Bonchev–Trinajstić information content (AvgIpc) is 2.01. The van der Waals surface area contributed by atoms with Gasteiger partial charge >= 0.3 is 6.18 Å². The van der Waals surface area contributed by atoms with Crippen LogP contribution in [0, 0.1) is 0 Å². The molecular weight excluding hydrogens is 185 g/mol. The Labute approximate surface area is 72.0 Å². The number of nitrogens with zero attached hydrogens (tertiary/aromatic N) is 2. The van der Waals surface area contributed by atoms with E-state index in [1.165, 1.54) is 7.05 Å². The third-order valence-electron chi connectivity index (χ3n) is 1.35. The van der Waals surface area contributed by atoms with E-state index in [2.05, 4.69) is 15.3 Å². The standard InChI is InChI=1S/C6H7F3N4/c1-11-4-3(6(7,8)9)2-12-5(10)13-4/h2H,1H3,(H3,10,11,12,13). The fourth-order valence-electron chi connectivity index (χ4n) is 0.793. The zero-order valence-corrected chi connectivity index (χ0v) is 6.68. The van der Waals surface area contributed by atoms with E-state index in [9.17, 15) is 13.2 Å². The lowest BCUT2D eigenvalue weighted by Crippen LogP contribution is -2.12. The molecule has 0 aliphatic heterocycles. The van der Waals surface area contributed by atoms with Crippen LogP contribution in [0.2, 0.25) is 0 Å². The summed E-state index contributed by atoms with van der Waals surface area (Å²) in [6.45, 7) is 0. The molecule has 0 unspecified atom stereocenters. The zero-order valence-electron chi connectivity index (χ0n) is 6.68. The molecule has 1 heterocycles. The highest BCUT2D eigenvalue weighted by Crippen LogP contribution is 2.33. The van der Waals surface area contributed by atoms with Crippen molar-refractivity contribution in [1.82, 2.24) is 9.97 Å². The van der Waals surface area contributed by atoms with Gasteiger partial charge in [0.2, 0.25) is 5.95 Å². The first-order valence-corrected chi connectivity index (χ1v) is 3.32. The van der Waals surface area contributed by atoms with Crippen molar-refractivity contribution in [2.45, 2.75) is 6.18 Å². The maximum Gasteiger partial charge on any atom is 0.421 e. The molecule has 0 atom stereocenters. The molecule has 1 aromatic rings. The molecule has 72 valence electrons. The molecule has 0 radical (unpaired) electrons. The fraction of sp³-hybridized carbons (Fsp3) is 0.333.